The van der Waals surface area contributed by atoms with Gasteiger partial charge in [-0.3, -0.25) is 19.0 Å². The van der Waals surface area contributed by atoms with Gasteiger partial charge in [0, 0.05) is 41.5 Å². The molecule has 0 bridgehead atoms. The van der Waals surface area contributed by atoms with Crippen LogP contribution in [0.1, 0.15) is 11.1 Å². The molecular weight excluding hydrogens is 402 g/mol. The summed E-state index contributed by atoms with van der Waals surface area (Å²) in [6, 6.07) is 9.19. The maximum absolute atomic E-state index is 12.8. The van der Waals surface area contributed by atoms with E-state index in [2.05, 4.69) is 4.72 Å². The second-order valence-electron chi connectivity index (χ2n) is 6.67. The van der Waals surface area contributed by atoms with Crippen LogP contribution in [0.3, 0.4) is 0 Å². The molecule has 2 aromatic rings. The third-order valence-corrected chi connectivity index (χ3v) is 7.24. The van der Waals surface area contributed by atoms with Crippen LogP contribution in [-0.4, -0.2) is 42.1 Å². The van der Waals surface area contributed by atoms with Crippen molar-refractivity contribution in [1.29, 1.82) is 0 Å². The smallest absolute Gasteiger partial charge is 0.293 e. The van der Waals surface area contributed by atoms with E-state index in [1.165, 1.54) is 12.1 Å². The van der Waals surface area contributed by atoms with Crippen LogP contribution in [0.2, 0.25) is 0 Å². The molecule has 1 fully saturated rings. The van der Waals surface area contributed by atoms with Crippen LogP contribution in [0.4, 0.5) is 17.1 Å². The number of benzene rings is 2. The minimum atomic E-state index is -3.98. The van der Waals surface area contributed by atoms with Gasteiger partial charge in [0.05, 0.1) is 15.5 Å². The molecule has 0 amide bonds. The second kappa shape index (κ2) is 7.88. The summed E-state index contributed by atoms with van der Waals surface area (Å²) in [6.07, 6.45) is 0. The van der Waals surface area contributed by atoms with Gasteiger partial charge in [-0.05, 0) is 37.6 Å². The fraction of sp³-hybridized carbons (Fsp3) is 0.333. The van der Waals surface area contributed by atoms with E-state index in [9.17, 15) is 22.7 Å². The van der Waals surface area contributed by atoms with Crippen molar-refractivity contribution in [2.75, 3.05) is 34.2 Å². The van der Waals surface area contributed by atoms with Crippen molar-refractivity contribution in [3.63, 3.8) is 0 Å². The number of nitrogens with one attached hydrogen (secondary N) is 1. The van der Waals surface area contributed by atoms with E-state index in [0.29, 0.717) is 36.0 Å². The Morgan fingerprint density at radius 2 is 1.79 bits per heavy atom. The average molecular weight is 424 g/mol. The Balaban J connectivity index is 1.94. The molecule has 3 rings (SSSR count). The Morgan fingerprint density at radius 3 is 2.39 bits per heavy atom. The number of sulfonamides is 1. The number of rotatable bonds is 5. The average Bonchev–Trinajstić information content (AvgIpc) is 2.64. The van der Waals surface area contributed by atoms with E-state index >= 15 is 0 Å². The zero-order valence-electron chi connectivity index (χ0n) is 15.5. The maximum atomic E-state index is 12.8. The van der Waals surface area contributed by atoms with Gasteiger partial charge in [0.2, 0.25) is 0 Å². The van der Waals surface area contributed by atoms with Gasteiger partial charge in [0.1, 0.15) is 5.69 Å². The van der Waals surface area contributed by atoms with Gasteiger partial charge < -0.3 is 4.90 Å². The van der Waals surface area contributed by atoms with E-state index in [-0.39, 0.29) is 10.6 Å². The molecule has 1 heterocycles. The summed E-state index contributed by atoms with van der Waals surface area (Å²) in [5.41, 5.74) is 2.25. The standard InChI is InChI=1S/C18H21N3O5S2/c1-13-3-5-16(14(2)11-13)19-28(25,26)15-4-6-17(18(12-15)21(22)23)20-7-9-27(24)10-8-20/h3-6,11-12,19H,7-10H2,1-2H3. The summed E-state index contributed by atoms with van der Waals surface area (Å²) in [6.45, 7) is 4.56. The highest BCUT2D eigenvalue weighted by Gasteiger charge is 2.26. The largest absolute Gasteiger partial charge is 0.364 e. The van der Waals surface area contributed by atoms with Crippen LogP contribution in [0, 0.1) is 24.0 Å². The third kappa shape index (κ3) is 4.33. The van der Waals surface area contributed by atoms with Crippen molar-refractivity contribution in [3.8, 4) is 0 Å². The van der Waals surface area contributed by atoms with Crippen LogP contribution in [-0.2, 0) is 20.8 Å². The fourth-order valence-electron chi connectivity index (χ4n) is 3.09. The van der Waals surface area contributed by atoms with Gasteiger partial charge in [-0.1, -0.05) is 17.7 Å². The summed E-state index contributed by atoms with van der Waals surface area (Å²) in [7, 11) is -4.90. The Bertz CT molecular complexity index is 1040. The molecule has 0 radical (unpaired) electrons. The minimum Gasteiger partial charge on any atom is -0.364 e. The van der Waals surface area contributed by atoms with Crippen molar-refractivity contribution in [2.45, 2.75) is 18.7 Å². The lowest BCUT2D eigenvalue weighted by atomic mass is 10.1. The number of nitrogens with zero attached hydrogens (tertiary/aromatic N) is 2. The number of hydrogen-bond acceptors (Lipinski definition) is 6. The molecule has 1 aliphatic rings. The highest BCUT2D eigenvalue weighted by atomic mass is 32.2. The molecule has 2 aromatic carbocycles. The molecule has 150 valence electrons. The van der Waals surface area contributed by atoms with E-state index in [1.54, 1.807) is 24.0 Å². The molecule has 1 N–H and O–H groups in total. The first kappa shape index (κ1) is 20.3. The molecule has 1 saturated heterocycles. The molecule has 0 atom stereocenters. The summed E-state index contributed by atoms with van der Waals surface area (Å²) in [5.74, 6) is 0.872. The van der Waals surface area contributed by atoms with Crippen LogP contribution in [0.5, 0.6) is 0 Å². The predicted octanol–water partition coefficient (Wildman–Crippen LogP) is 2.58. The van der Waals surface area contributed by atoms with Crippen LogP contribution in [0.25, 0.3) is 0 Å². The number of nitro groups is 1. The fourth-order valence-corrected chi connectivity index (χ4v) is 5.30. The summed E-state index contributed by atoms with van der Waals surface area (Å²) in [5, 5.41) is 11.6. The lowest BCUT2D eigenvalue weighted by molar-refractivity contribution is -0.384. The monoisotopic (exact) mass is 423 g/mol. The zero-order valence-corrected chi connectivity index (χ0v) is 17.2. The quantitative estimate of drug-likeness (QED) is 0.585. The Morgan fingerprint density at radius 1 is 1.11 bits per heavy atom. The van der Waals surface area contributed by atoms with Crippen LogP contribution in [0.15, 0.2) is 41.3 Å². The molecule has 28 heavy (non-hydrogen) atoms. The van der Waals surface area contributed by atoms with Gasteiger partial charge in [-0.2, -0.15) is 0 Å². The Labute approximate surface area is 166 Å². The van der Waals surface area contributed by atoms with Crippen molar-refractivity contribution < 1.29 is 17.6 Å². The third-order valence-electron chi connectivity index (χ3n) is 4.60. The molecular formula is C18H21N3O5S2. The SMILES string of the molecule is Cc1ccc(NS(=O)(=O)c2ccc(N3CCS(=O)CC3)c([N+](=O)[O-])c2)c(C)c1. The van der Waals surface area contributed by atoms with Crippen LogP contribution < -0.4 is 9.62 Å². The molecule has 0 saturated carbocycles. The van der Waals surface area contributed by atoms with E-state index in [1.807, 2.05) is 13.0 Å². The van der Waals surface area contributed by atoms with Crippen LogP contribution >= 0.6 is 0 Å². The van der Waals surface area contributed by atoms with Crippen molar-refractivity contribution in [3.05, 3.63) is 57.6 Å². The van der Waals surface area contributed by atoms with E-state index < -0.39 is 25.7 Å². The number of aryl methyl sites for hydroxylation is 2. The van der Waals surface area contributed by atoms with E-state index in [4.69, 9.17) is 0 Å². The second-order valence-corrected chi connectivity index (χ2v) is 10.0. The maximum Gasteiger partial charge on any atom is 0.293 e. The van der Waals surface area contributed by atoms with Gasteiger partial charge in [0.25, 0.3) is 15.7 Å². The first-order valence-corrected chi connectivity index (χ1v) is 11.6. The van der Waals surface area contributed by atoms with Crippen molar-refractivity contribution >= 4 is 37.9 Å². The predicted molar refractivity (Wildman–Crippen MR) is 110 cm³/mol. The molecule has 8 nitrogen and oxygen atoms in total. The number of anilines is 2. The lowest BCUT2D eigenvalue weighted by Crippen LogP contribution is -2.38. The highest BCUT2D eigenvalue weighted by molar-refractivity contribution is 7.92. The highest BCUT2D eigenvalue weighted by Crippen LogP contribution is 2.32. The zero-order chi connectivity index (χ0) is 20.5. The molecule has 0 aromatic heterocycles. The van der Waals surface area contributed by atoms with Crippen molar-refractivity contribution in [2.24, 2.45) is 0 Å². The Hall–Kier alpha value is -2.46. The van der Waals surface area contributed by atoms with Crippen molar-refractivity contribution in [1.82, 2.24) is 0 Å². The first-order valence-electron chi connectivity index (χ1n) is 8.66. The molecule has 10 heteroatoms. The summed E-state index contributed by atoms with van der Waals surface area (Å²) in [4.78, 5) is 12.6. The number of nitro benzene ring substituents is 1. The Kier molecular flexibility index (Phi) is 5.71. The van der Waals surface area contributed by atoms with Gasteiger partial charge in [-0.15, -0.1) is 0 Å². The molecule has 1 aliphatic heterocycles. The molecule has 0 unspecified atom stereocenters. The minimum absolute atomic E-state index is 0.177. The summed E-state index contributed by atoms with van der Waals surface area (Å²) >= 11 is 0. The van der Waals surface area contributed by atoms with E-state index in [0.717, 1.165) is 17.2 Å². The van der Waals surface area contributed by atoms with Gasteiger partial charge in [-0.25, -0.2) is 8.42 Å². The number of hydrogen-bond donors (Lipinski definition) is 1. The first-order chi connectivity index (χ1) is 13.2. The molecule has 0 aliphatic carbocycles. The molecule has 0 spiro atoms. The lowest BCUT2D eigenvalue weighted by Gasteiger charge is -2.28. The summed E-state index contributed by atoms with van der Waals surface area (Å²) < 4.78 is 39.5. The van der Waals surface area contributed by atoms with Gasteiger partial charge >= 0.3 is 0 Å². The van der Waals surface area contributed by atoms with Gasteiger partial charge in [0.15, 0.2) is 0 Å². The topological polar surface area (TPSA) is 110 Å². The normalized spacial score (nSPS) is 15.4.